The highest BCUT2D eigenvalue weighted by molar-refractivity contribution is 9.11. The van der Waals surface area contributed by atoms with Crippen molar-refractivity contribution < 1.29 is 4.79 Å². The quantitative estimate of drug-likeness (QED) is 0.731. The Hall–Kier alpha value is 0.0900. The molecular formula is C12H15Br3N2O. The van der Waals surface area contributed by atoms with Gasteiger partial charge in [-0.2, -0.15) is 0 Å². The van der Waals surface area contributed by atoms with Crippen LogP contribution in [0.4, 0.5) is 5.69 Å². The maximum absolute atomic E-state index is 11.9. The summed E-state index contributed by atoms with van der Waals surface area (Å²) in [7, 11) is 0. The lowest BCUT2D eigenvalue weighted by molar-refractivity contribution is -0.117. The average molecular weight is 443 g/mol. The highest BCUT2D eigenvalue weighted by Crippen LogP contribution is 2.34. The van der Waals surface area contributed by atoms with Crippen molar-refractivity contribution in [3.63, 3.8) is 0 Å². The standard InChI is InChI=1S/C12H15Br3N2O/c1-6(2)3-10(16)12(18)17-11-8(14)4-7(13)5-9(11)15/h4-6,10H,3,16H2,1-2H3,(H,17,18). The molecule has 0 radical (unpaired) electrons. The molecule has 18 heavy (non-hydrogen) atoms. The fourth-order valence-corrected chi connectivity index (χ4v) is 3.95. The average Bonchev–Trinajstić information content (AvgIpc) is 2.21. The van der Waals surface area contributed by atoms with Gasteiger partial charge in [-0.15, -0.1) is 0 Å². The van der Waals surface area contributed by atoms with Gasteiger partial charge in [-0.3, -0.25) is 4.79 Å². The van der Waals surface area contributed by atoms with E-state index in [4.69, 9.17) is 5.73 Å². The van der Waals surface area contributed by atoms with Crippen LogP contribution in [0, 0.1) is 5.92 Å². The molecule has 1 amide bonds. The van der Waals surface area contributed by atoms with Crippen LogP contribution in [0.3, 0.4) is 0 Å². The van der Waals surface area contributed by atoms with Crippen molar-refractivity contribution in [3.05, 3.63) is 25.6 Å². The predicted molar refractivity (Wildman–Crippen MR) is 85.6 cm³/mol. The third kappa shape index (κ3) is 4.64. The molecule has 0 saturated heterocycles. The molecule has 1 atom stereocenters. The summed E-state index contributed by atoms with van der Waals surface area (Å²) in [5, 5.41) is 2.83. The zero-order valence-electron chi connectivity index (χ0n) is 10.1. The van der Waals surface area contributed by atoms with E-state index < -0.39 is 6.04 Å². The summed E-state index contributed by atoms with van der Waals surface area (Å²) in [6.45, 7) is 4.08. The number of nitrogens with two attached hydrogens (primary N) is 1. The van der Waals surface area contributed by atoms with Crippen LogP contribution in [0.1, 0.15) is 20.3 Å². The first-order valence-electron chi connectivity index (χ1n) is 5.52. The molecule has 0 spiro atoms. The van der Waals surface area contributed by atoms with Crippen molar-refractivity contribution in [3.8, 4) is 0 Å². The fraction of sp³-hybridized carbons (Fsp3) is 0.417. The number of anilines is 1. The number of hydrogen-bond acceptors (Lipinski definition) is 2. The first-order valence-corrected chi connectivity index (χ1v) is 7.90. The van der Waals surface area contributed by atoms with Crippen LogP contribution in [-0.4, -0.2) is 11.9 Å². The van der Waals surface area contributed by atoms with Crippen LogP contribution in [0.15, 0.2) is 25.6 Å². The van der Waals surface area contributed by atoms with Gasteiger partial charge in [-0.1, -0.05) is 29.8 Å². The molecule has 0 bridgehead atoms. The number of halogens is 3. The number of amides is 1. The first kappa shape index (κ1) is 16.1. The summed E-state index contributed by atoms with van der Waals surface area (Å²) >= 11 is 10.2. The molecule has 0 aliphatic rings. The number of nitrogens with one attached hydrogen (secondary N) is 1. The van der Waals surface area contributed by atoms with Gasteiger partial charge < -0.3 is 11.1 Å². The van der Waals surface area contributed by atoms with E-state index in [2.05, 4.69) is 53.1 Å². The van der Waals surface area contributed by atoms with Gasteiger partial charge in [-0.05, 0) is 56.3 Å². The molecule has 100 valence electrons. The summed E-state index contributed by atoms with van der Waals surface area (Å²) in [5.41, 5.74) is 6.54. The molecule has 0 fully saturated rings. The smallest absolute Gasteiger partial charge is 0.241 e. The van der Waals surface area contributed by atoms with E-state index >= 15 is 0 Å². The fourth-order valence-electron chi connectivity index (χ4n) is 1.49. The van der Waals surface area contributed by atoms with Crippen molar-refractivity contribution in [2.75, 3.05) is 5.32 Å². The predicted octanol–water partition coefficient (Wildman–Crippen LogP) is 4.29. The SMILES string of the molecule is CC(C)CC(N)C(=O)Nc1c(Br)cc(Br)cc1Br. The number of hydrogen-bond donors (Lipinski definition) is 2. The Morgan fingerprint density at radius 3 is 2.22 bits per heavy atom. The Morgan fingerprint density at radius 1 is 1.28 bits per heavy atom. The van der Waals surface area contributed by atoms with Crippen molar-refractivity contribution in [2.24, 2.45) is 11.7 Å². The largest absolute Gasteiger partial charge is 0.323 e. The molecule has 0 heterocycles. The Morgan fingerprint density at radius 2 is 1.78 bits per heavy atom. The monoisotopic (exact) mass is 440 g/mol. The van der Waals surface area contributed by atoms with E-state index in [1.165, 1.54) is 0 Å². The van der Waals surface area contributed by atoms with Crippen LogP contribution in [-0.2, 0) is 4.79 Å². The highest BCUT2D eigenvalue weighted by atomic mass is 79.9. The van der Waals surface area contributed by atoms with Gasteiger partial charge >= 0.3 is 0 Å². The van der Waals surface area contributed by atoms with Gasteiger partial charge in [-0.25, -0.2) is 0 Å². The van der Waals surface area contributed by atoms with E-state index in [0.717, 1.165) is 13.4 Å². The Bertz CT molecular complexity index is 426. The van der Waals surface area contributed by atoms with E-state index in [1.807, 2.05) is 26.0 Å². The summed E-state index contributed by atoms with van der Waals surface area (Å²) < 4.78 is 2.52. The topological polar surface area (TPSA) is 55.1 Å². The minimum atomic E-state index is -0.493. The molecule has 0 aliphatic carbocycles. The highest BCUT2D eigenvalue weighted by Gasteiger charge is 2.17. The normalized spacial score (nSPS) is 12.6. The third-order valence-corrected chi connectivity index (χ3v) is 4.03. The van der Waals surface area contributed by atoms with E-state index in [9.17, 15) is 4.79 Å². The first-order chi connectivity index (χ1) is 8.31. The third-order valence-electron chi connectivity index (χ3n) is 2.32. The van der Waals surface area contributed by atoms with Crippen molar-refractivity contribution in [1.82, 2.24) is 0 Å². The number of rotatable bonds is 4. The van der Waals surface area contributed by atoms with Gasteiger partial charge in [0.05, 0.1) is 11.7 Å². The van der Waals surface area contributed by atoms with Gasteiger partial charge in [0.2, 0.25) is 5.91 Å². The van der Waals surface area contributed by atoms with Crippen molar-refractivity contribution >= 4 is 59.4 Å². The maximum Gasteiger partial charge on any atom is 0.241 e. The zero-order chi connectivity index (χ0) is 13.9. The minimum absolute atomic E-state index is 0.174. The molecule has 3 nitrogen and oxygen atoms in total. The molecular weight excluding hydrogens is 428 g/mol. The van der Waals surface area contributed by atoms with E-state index in [1.54, 1.807) is 0 Å². The van der Waals surface area contributed by atoms with Gasteiger partial charge in [0.25, 0.3) is 0 Å². The van der Waals surface area contributed by atoms with Crippen LogP contribution in [0.25, 0.3) is 0 Å². The van der Waals surface area contributed by atoms with E-state index in [0.29, 0.717) is 18.0 Å². The molecule has 1 aromatic carbocycles. The van der Waals surface area contributed by atoms with Gasteiger partial charge in [0.15, 0.2) is 0 Å². The second-order valence-corrected chi connectivity index (χ2v) is 7.09. The zero-order valence-corrected chi connectivity index (χ0v) is 14.9. The number of carbonyl (C=O) groups is 1. The van der Waals surface area contributed by atoms with Crippen molar-refractivity contribution in [2.45, 2.75) is 26.3 Å². The molecule has 1 rings (SSSR count). The minimum Gasteiger partial charge on any atom is -0.323 e. The Labute approximate surface area is 132 Å². The summed E-state index contributed by atoms with van der Waals surface area (Å²) in [6, 6.07) is 3.25. The van der Waals surface area contributed by atoms with Crippen LogP contribution < -0.4 is 11.1 Å². The summed E-state index contributed by atoms with van der Waals surface area (Å²) in [4.78, 5) is 11.9. The Balaban J connectivity index is 2.82. The number of benzene rings is 1. The van der Waals surface area contributed by atoms with E-state index in [-0.39, 0.29) is 5.91 Å². The lowest BCUT2D eigenvalue weighted by atomic mass is 10.0. The van der Waals surface area contributed by atoms with Gasteiger partial charge in [0.1, 0.15) is 0 Å². The van der Waals surface area contributed by atoms with Crippen LogP contribution in [0.2, 0.25) is 0 Å². The van der Waals surface area contributed by atoms with Crippen LogP contribution >= 0.6 is 47.8 Å². The van der Waals surface area contributed by atoms with Crippen molar-refractivity contribution in [1.29, 1.82) is 0 Å². The lowest BCUT2D eigenvalue weighted by Gasteiger charge is -2.16. The maximum atomic E-state index is 11.9. The Kier molecular flexibility index (Phi) is 6.30. The lowest BCUT2D eigenvalue weighted by Crippen LogP contribution is -2.36. The molecule has 1 aromatic rings. The molecule has 0 aromatic heterocycles. The molecule has 0 saturated carbocycles. The van der Waals surface area contributed by atoms with Crippen LogP contribution in [0.5, 0.6) is 0 Å². The van der Waals surface area contributed by atoms with Gasteiger partial charge in [0, 0.05) is 13.4 Å². The molecule has 0 aliphatic heterocycles. The molecule has 6 heteroatoms. The summed E-state index contributed by atoms with van der Waals surface area (Å²) in [5.74, 6) is 0.218. The second-order valence-electron chi connectivity index (χ2n) is 4.47. The number of carbonyl (C=O) groups excluding carboxylic acids is 1. The second kappa shape index (κ2) is 7.03. The molecule has 3 N–H and O–H groups in total. The summed E-state index contributed by atoms with van der Waals surface area (Å²) in [6.07, 6.45) is 0.664. The molecule has 1 unspecified atom stereocenters.